The molecule has 0 amide bonds. The Morgan fingerprint density at radius 1 is 1.41 bits per heavy atom. The fourth-order valence-electron chi connectivity index (χ4n) is 5.09. The van der Waals surface area contributed by atoms with Gasteiger partial charge in [0.1, 0.15) is 5.75 Å². The molecule has 3 rings (SSSR count). The largest absolute Gasteiger partial charge is 0.497 e. The summed E-state index contributed by atoms with van der Waals surface area (Å²) < 4.78 is 5.38. The zero-order chi connectivity index (χ0) is 15.7. The van der Waals surface area contributed by atoms with Gasteiger partial charge in [-0.1, -0.05) is 26.3 Å². The van der Waals surface area contributed by atoms with Crippen molar-refractivity contribution < 1.29 is 9.94 Å². The van der Waals surface area contributed by atoms with Gasteiger partial charge in [-0.15, -0.1) is 5.16 Å². The van der Waals surface area contributed by atoms with E-state index in [1.54, 1.807) is 13.3 Å². The molecule has 2 aliphatic rings. The molecule has 0 saturated heterocycles. The van der Waals surface area contributed by atoms with Gasteiger partial charge in [0.2, 0.25) is 0 Å². The third-order valence-electron chi connectivity index (χ3n) is 6.16. The topological polar surface area (TPSA) is 41.8 Å². The number of benzene rings is 1. The summed E-state index contributed by atoms with van der Waals surface area (Å²) in [6.07, 6.45) is 7.59. The molecule has 120 valence electrons. The molecule has 2 aliphatic carbocycles. The van der Waals surface area contributed by atoms with Crippen molar-refractivity contribution in [2.24, 2.45) is 22.4 Å². The first kappa shape index (κ1) is 15.4. The van der Waals surface area contributed by atoms with Crippen molar-refractivity contribution >= 4 is 6.21 Å². The molecular formula is C19H27NO2. The van der Waals surface area contributed by atoms with Gasteiger partial charge in [0, 0.05) is 11.6 Å². The Morgan fingerprint density at radius 2 is 2.23 bits per heavy atom. The summed E-state index contributed by atoms with van der Waals surface area (Å²) in [5, 5.41) is 12.5. The number of ether oxygens (including phenoxy) is 1. The predicted molar refractivity (Wildman–Crippen MR) is 88.9 cm³/mol. The molecule has 0 unspecified atom stereocenters. The number of oxime groups is 1. The Bertz CT molecular complexity index is 569. The van der Waals surface area contributed by atoms with Crippen LogP contribution in [0.15, 0.2) is 23.4 Å². The van der Waals surface area contributed by atoms with Crippen molar-refractivity contribution in [1.82, 2.24) is 0 Å². The van der Waals surface area contributed by atoms with Crippen molar-refractivity contribution in [3.63, 3.8) is 0 Å². The van der Waals surface area contributed by atoms with Crippen LogP contribution in [0.25, 0.3) is 0 Å². The first-order valence-corrected chi connectivity index (χ1v) is 8.48. The van der Waals surface area contributed by atoms with E-state index in [2.05, 4.69) is 37.2 Å². The standard InChI is InChI=1S/C19H27NO2/c1-4-18-17-7-5-13-11-14(22-3)6-8-15(13)16(17)9-10-19(18,2)12-20-21/h6,8,11-12,16-18,21H,4-5,7,9-10H2,1-3H3/b20-12+/t16-,17-,18+,19-/m1/s1. The van der Waals surface area contributed by atoms with Crippen molar-refractivity contribution in [3.05, 3.63) is 29.3 Å². The Kier molecular flexibility index (Phi) is 4.16. The van der Waals surface area contributed by atoms with E-state index < -0.39 is 0 Å². The van der Waals surface area contributed by atoms with Crippen molar-refractivity contribution in [1.29, 1.82) is 0 Å². The van der Waals surface area contributed by atoms with E-state index in [1.807, 2.05) is 0 Å². The molecule has 0 bridgehead atoms. The van der Waals surface area contributed by atoms with E-state index in [4.69, 9.17) is 9.94 Å². The van der Waals surface area contributed by atoms with Crippen molar-refractivity contribution in [2.45, 2.75) is 51.9 Å². The maximum absolute atomic E-state index is 9.06. The molecule has 0 spiro atoms. The van der Waals surface area contributed by atoms with Crippen LogP contribution in [0, 0.1) is 17.3 Å². The number of aryl methyl sites for hydroxylation is 1. The molecule has 1 aromatic rings. The van der Waals surface area contributed by atoms with Gasteiger partial charge in [-0.3, -0.25) is 0 Å². The fraction of sp³-hybridized carbons (Fsp3) is 0.632. The second kappa shape index (κ2) is 5.94. The number of nitrogens with zero attached hydrogens (tertiary/aromatic N) is 1. The summed E-state index contributed by atoms with van der Waals surface area (Å²) in [7, 11) is 1.74. The smallest absolute Gasteiger partial charge is 0.119 e. The van der Waals surface area contributed by atoms with Gasteiger partial charge >= 0.3 is 0 Å². The zero-order valence-corrected chi connectivity index (χ0v) is 13.9. The summed E-state index contributed by atoms with van der Waals surface area (Å²) >= 11 is 0. The molecule has 4 atom stereocenters. The number of hydrogen-bond donors (Lipinski definition) is 1. The minimum Gasteiger partial charge on any atom is -0.497 e. The molecule has 0 heterocycles. The van der Waals surface area contributed by atoms with Crippen LogP contribution in [-0.2, 0) is 6.42 Å². The van der Waals surface area contributed by atoms with E-state index in [-0.39, 0.29) is 5.41 Å². The van der Waals surface area contributed by atoms with E-state index in [0.29, 0.717) is 17.8 Å². The minimum absolute atomic E-state index is 0.0363. The zero-order valence-electron chi connectivity index (χ0n) is 13.9. The van der Waals surface area contributed by atoms with Gasteiger partial charge in [-0.25, -0.2) is 0 Å². The van der Waals surface area contributed by atoms with Crippen LogP contribution >= 0.6 is 0 Å². The second-order valence-electron chi connectivity index (χ2n) is 7.18. The van der Waals surface area contributed by atoms with E-state index >= 15 is 0 Å². The van der Waals surface area contributed by atoms with Crippen LogP contribution in [0.3, 0.4) is 0 Å². The molecule has 1 aromatic carbocycles. The van der Waals surface area contributed by atoms with Crippen LogP contribution in [0.2, 0.25) is 0 Å². The summed E-state index contributed by atoms with van der Waals surface area (Å²) in [4.78, 5) is 0. The number of methoxy groups -OCH3 is 1. The quantitative estimate of drug-likeness (QED) is 0.502. The monoisotopic (exact) mass is 301 g/mol. The molecule has 3 heteroatoms. The fourth-order valence-corrected chi connectivity index (χ4v) is 5.09. The van der Waals surface area contributed by atoms with Crippen LogP contribution < -0.4 is 4.74 Å². The van der Waals surface area contributed by atoms with Gasteiger partial charge in [0.15, 0.2) is 0 Å². The second-order valence-corrected chi connectivity index (χ2v) is 7.18. The SMILES string of the molecule is CC[C@H]1[C@@H]2CCc3cc(OC)ccc3[C@H]2CC[C@]1(C)/C=N/O. The van der Waals surface area contributed by atoms with Gasteiger partial charge in [0.05, 0.1) is 7.11 Å². The Hall–Kier alpha value is -1.51. The minimum atomic E-state index is 0.0363. The molecule has 0 aliphatic heterocycles. The maximum Gasteiger partial charge on any atom is 0.119 e. The average Bonchev–Trinajstić information content (AvgIpc) is 2.53. The van der Waals surface area contributed by atoms with Crippen molar-refractivity contribution in [3.8, 4) is 5.75 Å². The molecule has 1 saturated carbocycles. The number of fused-ring (bicyclic) bond motifs is 3. The lowest BCUT2D eigenvalue weighted by Gasteiger charge is -2.50. The number of rotatable bonds is 3. The predicted octanol–water partition coefficient (Wildman–Crippen LogP) is 4.63. The van der Waals surface area contributed by atoms with Gasteiger partial charge < -0.3 is 9.94 Å². The van der Waals surface area contributed by atoms with Crippen LogP contribution in [0.1, 0.15) is 56.6 Å². The first-order valence-electron chi connectivity index (χ1n) is 8.48. The van der Waals surface area contributed by atoms with Gasteiger partial charge in [0.25, 0.3) is 0 Å². The lowest BCUT2D eigenvalue weighted by atomic mass is 9.54. The number of hydrogen-bond acceptors (Lipinski definition) is 3. The van der Waals surface area contributed by atoms with E-state index in [9.17, 15) is 0 Å². The lowest BCUT2D eigenvalue weighted by Crippen LogP contribution is -2.43. The molecule has 3 nitrogen and oxygen atoms in total. The van der Waals surface area contributed by atoms with Gasteiger partial charge in [-0.2, -0.15) is 0 Å². The summed E-state index contributed by atoms with van der Waals surface area (Å²) in [6.45, 7) is 4.54. The van der Waals surface area contributed by atoms with E-state index in [0.717, 1.165) is 25.0 Å². The van der Waals surface area contributed by atoms with Gasteiger partial charge in [-0.05, 0) is 66.7 Å². The van der Waals surface area contributed by atoms with Crippen molar-refractivity contribution in [2.75, 3.05) is 7.11 Å². The summed E-state index contributed by atoms with van der Waals surface area (Å²) in [5.74, 6) is 2.91. The molecule has 22 heavy (non-hydrogen) atoms. The molecule has 0 radical (unpaired) electrons. The first-order chi connectivity index (χ1) is 10.6. The summed E-state index contributed by atoms with van der Waals surface area (Å²) in [6, 6.07) is 6.60. The maximum atomic E-state index is 9.06. The average molecular weight is 301 g/mol. The van der Waals surface area contributed by atoms with Crippen LogP contribution in [0.4, 0.5) is 0 Å². The molecule has 0 aromatic heterocycles. The highest BCUT2D eigenvalue weighted by atomic mass is 16.5. The third-order valence-corrected chi connectivity index (χ3v) is 6.16. The lowest BCUT2D eigenvalue weighted by molar-refractivity contribution is 0.0808. The molecular weight excluding hydrogens is 274 g/mol. The third kappa shape index (κ3) is 2.41. The Balaban J connectivity index is 1.94. The van der Waals surface area contributed by atoms with E-state index in [1.165, 1.54) is 24.0 Å². The van der Waals surface area contributed by atoms with Crippen LogP contribution in [-0.4, -0.2) is 18.5 Å². The molecule has 1 fully saturated rings. The molecule has 1 N–H and O–H groups in total. The highest BCUT2D eigenvalue weighted by molar-refractivity contribution is 5.65. The highest BCUT2D eigenvalue weighted by Gasteiger charge is 2.46. The van der Waals surface area contributed by atoms with Crippen LogP contribution in [0.5, 0.6) is 5.75 Å². The normalized spacial score (nSPS) is 34.2. The Labute approximate surface area is 133 Å². The summed E-state index contributed by atoms with van der Waals surface area (Å²) in [5.41, 5.74) is 3.03. The Morgan fingerprint density at radius 3 is 2.91 bits per heavy atom. The highest BCUT2D eigenvalue weighted by Crippen LogP contribution is 2.55.